The van der Waals surface area contributed by atoms with Gasteiger partial charge in [-0.15, -0.1) is 0 Å². The van der Waals surface area contributed by atoms with E-state index in [-0.39, 0.29) is 67.5 Å². The first-order chi connectivity index (χ1) is 36.3. The summed E-state index contributed by atoms with van der Waals surface area (Å²) >= 11 is 0. The van der Waals surface area contributed by atoms with Gasteiger partial charge in [-0.05, 0) is 139 Å². The Bertz CT molecular complexity index is 1990. The third-order valence-electron chi connectivity index (χ3n) is 17.0. The maximum absolute atomic E-state index is 14.6. The molecule has 3 N–H and O–H groups in total. The van der Waals surface area contributed by atoms with E-state index >= 15 is 0 Å². The first-order valence-corrected chi connectivity index (χ1v) is 28.7. The van der Waals surface area contributed by atoms with E-state index in [1.165, 1.54) is 12.0 Å². The fraction of sp³-hybridized carbons (Fsp3) is 0.783. The molecule has 4 aliphatic heterocycles. The summed E-state index contributed by atoms with van der Waals surface area (Å²) in [6.45, 7) is 15.3. The van der Waals surface area contributed by atoms with E-state index in [0.717, 1.165) is 50.9 Å². The highest BCUT2D eigenvalue weighted by molar-refractivity contribution is 6.39. The van der Waals surface area contributed by atoms with Crippen LogP contribution in [-0.4, -0.2) is 158 Å². The number of amides is 1. The number of hydrogen-bond acceptors (Lipinski definition) is 15. The van der Waals surface area contributed by atoms with Crippen LogP contribution in [0.5, 0.6) is 0 Å². The van der Waals surface area contributed by atoms with Crippen LogP contribution in [0.4, 0.5) is 0 Å². The second-order valence-corrected chi connectivity index (χ2v) is 23.0. The summed E-state index contributed by atoms with van der Waals surface area (Å²) in [7, 11) is 3.04. The van der Waals surface area contributed by atoms with Gasteiger partial charge >= 0.3 is 5.97 Å². The van der Waals surface area contributed by atoms with Crippen LogP contribution in [0.3, 0.4) is 0 Å². The number of nitrogens with zero attached hydrogens (tertiary/aromatic N) is 1. The fourth-order valence-electron chi connectivity index (χ4n) is 11.9. The third-order valence-corrected chi connectivity index (χ3v) is 17.0. The number of aliphatic hydroxyl groups is 3. The van der Waals surface area contributed by atoms with Crippen LogP contribution in [0.25, 0.3) is 0 Å². The van der Waals surface area contributed by atoms with E-state index in [4.69, 9.17) is 33.2 Å². The number of Topliss-reactive ketones (excluding diaryl/α,β-unsaturated/α-hetero) is 3. The van der Waals surface area contributed by atoms with Gasteiger partial charge in [0.2, 0.25) is 5.79 Å². The number of hydrogen-bond donors (Lipinski definition) is 3. The van der Waals surface area contributed by atoms with E-state index in [2.05, 4.69) is 0 Å². The Kier molecular flexibility index (Phi) is 26.2. The van der Waals surface area contributed by atoms with Crippen molar-refractivity contribution in [2.75, 3.05) is 53.8 Å². The van der Waals surface area contributed by atoms with Crippen LogP contribution in [0.2, 0.25) is 0 Å². The number of esters is 1. The standard InChI is InChI=1S/C60H95NO15/c1-38-16-11-10-12-17-39(2)51(74-31-25-45-23-29-72-30-24-45)36-47-21-19-44(7)60(69,76-47)57(66)58(67)61-26-14-13-18-48(61)59(68)75-52(41(4)34-46-20-22-50(53(35-46)70-8)73-28-15-27-62)37-49(63)40(3)33-43(6)55(65)56(71-9)54(64)42(5)32-38/h10-12,16-17,33,38,40-42,44-48,50-53,55-56,62,65,69H,13-15,18-32,34-37H2,1-9H3/b12-10+,16-11+,39-17+,43-33+/t38-,40-,41-,42-,44-,46+,47+,48?,50-,51?,52+,53-,55-,56+,60-/m1/s1. The Morgan fingerprint density at radius 2 is 1.57 bits per heavy atom. The summed E-state index contributed by atoms with van der Waals surface area (Å²) in [6.07, 6.45) is 15.7. The molecule has 3 saturated heterocycles. The number of fused-ring (bicyclic) bond motifs is 3. The van der Waals surface area contributed by atoms with Crippen molar-refractivity contribution in [3.8, 4) is 0 Å². The summed E-state index contributed by atoms with van der Waals surface area (Å²) in [5.41, 5.74) is 1.31. The fourth-order valence-corrected chi connectivity index (χ4v) is 11.9. The molecule has 16 nitrogen and oxygen atoms in total. The first kappa shape index (κ1) is 63.4. The number of ketones is 3. The number of piperidine rings is 1. The van der Waals surface area contributed by atoms with E-state index in [1.54, 1.807) is 34.0 Å². The SMILES string of the molecule is CO[C@@H]1C[C@H](C[C@@H](C)[C@@H]2CC(=O)[C@H](C)/C=C(\C)[C@@H](O)[C@@H](OC)C(=O)[C@H](C)C[C@H](C)/C=C/C=C/C=C(\C)C(OCCC3CCOCC3)C[C@@H]3CC[C@@H](C)[C@@](O)(O3)C(=O)C(=O)N3CCCCC3C(=O)O2)CC[C@H]1OCCCO. The van der Waals surface area contributed by atoms with E-state index in [0.29, 0.717) is 82.5 Å². The molecule has 1 amide bonds. The van der Waals surface area contributed by atoms with E-state index in [9.17, 15) is 39.3 Å². The Morgan fingerprint density at radius 3 is 2.28 bits per heavy atom. The van der Waals surface area contributed by atoms with Crippen LogP contribution in [-0.2, 0) is 57.1 Å². The van der Waals surface area contributed by atoms with Crippen molar-refractivity contribution in [2.24, 2.45) is 41.4 Å². The normalized spacial score (nSPS) is 37.8. The van der Waals surface area contributed by atoms with E-state index < -0.39 is 77.8 Å². The quantitative estimate of drug-likeness (QED) is 0.0696. The van der Waals surface area contributed by atoms with E-state index in [1.807, 2.05) is 58.1 Å². The monoisotopic (exact) mass is 1070 g/mol. The molecule has 15 atom stereocenters. The molecule has 2 bridgehead atoms. The average molecular weight is 1070 g/mol. The number of rotatable bonds is 13. The lowest BCUT2D eigenvalue weighted by Crippen LogP contribution is -2.61. The maximum atomic E-state index is 14.6. The highest BCUT2D eigenvalue weighted by Crippen LogP contribution is 2.38. The maximum Gasteiger partial charge on any atom is 0.329 e. The van der Waals surface area contributed by atoms with Gasteiger partial charge in [-0.1, -0.05) is 71.1 Å². The summed E-state index contributed by atoms with van der Waals surface area (Å²) in [6, 6.07) is -1.15. The Labute approximate surface area is 453 Å². The van der Waals surface area contributed by atoms with Gasteiger partial charge in [0.15, 0.2) is 5.78 Å². The van der Waals surface area contributed by atoms with Crippen LogP contribution < -0.4 is 0 Å². The Balaban J connectivity index is 1.46. The second-order valence-electron chi connectivity index (χ2n) is 23.0. The highest BCUT2D eigenvalue weighted by atomic mass is 16.6. The molecular formula is C60H95NO15. The lowest BCUT2D eigenvalue weighted by molar-refractivity contribution is -0.266. The summed E-state index contributed by atoms with van der Waals surface area (Å²) in [5, 5.41) is 33.1. The average Bonchev–Trinajstić information content (AvgIpc) is 3.41. The smallest absolute Gasteiger partial charge is 0.329 e. The molecule has 0 spiro atoms. The molecule has 0 aromatic carbocycles. The van der Waals surface area contributed by atoms with Crippen LogP contribution in [0.15, 0.2) is 47.6 Å². The van der Waals surface area contributed by atoms with Gasteiger partial charge in [0.05, 0.1) is 24.4 Å². The minimum atomic E-state index is -2.45. The zero-order valence-corrected chi connectivity index (χ0v) is 47.4. The minimum Gasteiger partial charge on any atom is -0.460 e. The lowest BCUT2D eigenvalue weighted by Gasteiger charge is -2.43. The van der Waals surface area contributed by atoms with Crippen molar-refractivity contribution in [2.45, 2.75) is 206 Å². The summed E-state index contributed by atoms with van der Waals surface area (Å²) in [4.78, 5) is 73.1. The molecule has 4 heterocycles. The van der Waals surface area contributed by atoms with Gasteiger partial charge in [0.25, 0.3) is 11.7 Å². The summed E-state index contributed by atoms with van der Waals surface area (Å²) in [5.74, 6) is -7.48. The first-order valence-electron chi connectivity index (χ1n) is 28.7. The minimum absolute atomic E-state index is 0.00660. The van der Waals surface area contributed by atoms with Gasteiger partial charge in [-0.25, -0.2) is 4.79 Å². The van der Waals surface area contributed by atoms with Crippen molar-refractivity contribution in [3.05, 3.63) is 47.6 Å². The third kappa shape index (κ3) is 18.0. The largest absolute Gasteiger partial charge is 0.460 e. The molecule has 5 rings (SSSR count). The van der Waals surface area contributed by atoms with Crippen LogP contribution in [0.1, 0.15) is 151 Å². The topological polar surface area (TPSA) is 214 Å². The number of aliphatic hydroxyl groups excluding tert-OH is 2. The van der Waals surface area contributed by atoms with Crippen molar-refractivity contribution in [1.29, 1.82) is 0 Å². The number of methoxy groups -OCH3 is 2. The Hall–Kier alpha value is -3.45. The van der Waals surface area contributed by atoms with Gasteiger partial charge < -0.3 is 53.4 Å². The predicted molar refractivity (Wildman–Crippen MR) is 288 cm³/mol. The van der Waals surface area contributed by atoms with Crippen molar-refractivity contribution in [1.82, 2.24) is 4.90 Å². The molecule has 76 heavy (non-hydrogen) atoms. The molecule has 16 heteroatoms. The van der Waals surface area contributed by atoms with Crippen molar-refractivity contribution < 1.29 is 72.5 Å². The number of carbonyl (C=O) groups is 5. The number of cyclic esters (lactones) is 1. The van der Waals surface area contributed by atoms with Gasteiger partial charge in [0.1, 0.15) is 30.1 Å². The zero-order valence-electron chi connectivity index (χ0n) is 47.4. The van der Waals surface area contributed by atoms with Gasteiger partial charge in [-0.2, -0.15) is 0 Å². The second kappa shape index (κ2) is 31.4. The van der Waals surface area contributed by atoms with Crippen molar-refractivity contribution >= 4 is 29.2 Å². The van der Waals surface area contributed by atoms with Crippen LogP contribution in [0, 0.1) is 41.4 Å². The predicted octanol–water partition coefficient (Wildman–Crippen LogP) is 7.77. The molecular weight excluding hydrogens is 975 g/mol. The molecule has 0 aromatic heterocycles. The molecule has 5 aliphatic rings. The molecule has 4 fully saturated rings. The highest BCUT2D eigenvalue weighted by Gasteiger charge is 2.53. The molecule has 0 radical (unpaired) electrons. The number of allylic oxidation sites excluding steroid dienone is 6. The number of ether oxygens (including phenoxy) is 7. The Morgan fingerprint density at radius 1 is 0.816 bits per heavy atom. The molecule has 1 saturated carbocycles. The van der Waals surface area contributed by atoms with Gasteiger partial charge in [0, 0.05) is 84.4 Å². The van der Waals surface area contributed by atoms with Crippen LogP contribution >= 0.6 is 0 Å². The lowest BCUT2D eigenvalue weighted by atomic mass is 9.78. The van der Waals surface area contributed by atoms with Gasteiger partial charge in [-0.3, -0.25) is 19.2 Å². The molecule has 430 valence electrons. The molecule has 0 aromatic rings. The molecule has 1 aliphatic carbocycles. The summed E-state index contributed by atoms with van der Waals surface area (Å²) < 4.78 is 42.5. The number of carbonyl (C=O) groups excluding carboxylic acids is 5. The van der Waals surface area contributed by atoms with Crippen molar-refractivity contribution in [3.63, 3.8) is 0 Å². The zero-order chi connectivity index (χ0) is 55.5. The molecule has 2 unspecified atom stereocenters.